The van der Waals surface area contributed by atoms with Gasteiger partial charge in [0.15, 0.2) is 0 Å². The summed E-state index contributed by atoms with van der Waals surface area (Å²) in [7, 11) is 0. The van der Waals surface area contributed by atoms with E-state index in [-0.39, 0.29) is 0 Å². The maximum absolute atomic E-state index is 9.04. The SMILES string of the molecule is CCNCCSc1ccc(O)cc1. The Balaban J connectivity index is 2.25. The van der Waals surface area contributed by atoms with Crippen LogP contribution in [0.1, 0.15) is 6.92 Å². The van der Waals surface area contributed by atoms with Gasteiger partial charge in [0, 0.05) is 17.2 Å². The number of rotatable bonds is 5. The lowest BCUT2D eigenvalue weighted by molar-refractivity contribution is 0.475. The third kappa shape index (κ3) is 4.20. The molecule has 0 bridgehead atoms. The molecule has 72 valence electrons. The Morgan fingerprint density at radius 2 is 2.00 bits per heavy atom. The van der Waals surface area contributed by atoms with Crippen molar-refractivity contribution >= 4 is 11.8 Å². The topological polar surface area (TPSA) is 32.3 Å². The van der Waals surface area contributed by atoms with Gasteiger partial charge >= 0.3 is 0 Å². The van der Waals surface area contributed by atoms with Gasteiger partial charge in [0.05, 0.1) is 0 Å². The van der Waals surface area contributed by atoms with Gasteiger partial charge in [0.25, 0.3) is 0 Å². The molecule has 0 aliphatic carbocycles. The second kappa shape index (κ2) is 5.89. The fraction of sp³-hybridized carbons (Fsp3) is 0.400. The van der Waals surface area contributed by atoms with Crippen LogP contribution in [0.3, 0.4) is 0 Å². The first-order valence-corrected chi connectivity index (χ1v) is 5.44. The molecule has 1 aromatic rings. The largest absolute Gasteiger partial charge is 0.508 e. The van der Waals surface area contributed by atoms with Crippen LogP contribution in [0.2, 0.25) is 0 Å². The van der Waals surface area contributed by atoms with E-state index in [1.54, 1.807) is 23.9 Å². The monoisotopic (exact) mass is 197 g/mol. The Morgan fingerprint density at radius 1 is 1.31 bits per heavy atom. The Labute approximate surface area is 83.4 Å². The lowest BCUT2D eigenvalue weighted by Gasteiger charge is -2.01. The van der Waals surface area contributed by atoms with Gasteiger partial charge in [-0.1, -0.05) is 6.92 Å². The van der Waals surface area contributed by atoms with Crippen molar-refractivity contribution in [2.75, 3.05) is 18.8 Å². The zero-order chi connectivity index (χ0) is 9.52. The molecule has 0 radical (unpaired) electrons. The fourth-order valence-corrected chi connectivity index (χ4v) is 1.77. The third-order valence-corrected chi connectivity index (χ3v) is 2.65. The molecule has 0 spiro atoms. The molecule has 2 nitrogen and oxygen atoms in total. The lowest BCUT2D eigenvalue weighted by Crippen LogP contribution is -2.15. The molecule has 1 rings (SSSR count). The number of aromatic hydroxyl groups is 1. The van der Waals surface area contributed by atoms with Gasteiger partial charge < -0.3 is 10.4 Å². The Hall–Kier alpha value is -0.670. The summed E-state index contributed by atoms with van der Waals surface area (Å²) >= 11 is 1.80. The minimum atomic E-state index is 0.330. The first kappa shape index (κ1) is 10.4. The minimum Gasteiger partial charge on any atom is -0.508 e. The van der Waals surface area contributed by atoms with Crippen LogP contribution in [0.4, 0.5) is 0 Å². The predicted octanol–water partition coefficient (Wildman–Crippen LogP) is 2.09. The second-order valence-corrected chi connectivity index (χ2v) is 3.86. The highest BCUT2D eigenvalue weighted by molar-refractivity contribution is 7.99. The van der Waals surface area contributed by atoms with Gasteiger partial charge in [-0.2, -0.15) is 0 Å². The number of benzene rings is 1. The number of thioether (sulfide) groups is 1. The van der Waals surface area contributed by atoms with Crippen molar-refractivity contribution in [1.82, 2.24) is 5.32 Å². The number of hydrogen-bond donors (Lipinski definition) is 2. The van der Waals surface area contributed by atoms with Crippen molar-refractivity contribution < 1.29 is 5.11 Å². The maximum Gasteiger partial charge on any atom is 0.115 e. The summed E-state index contributed by atoms with van der Waals surface area (Å²) in [4.78, 5) is 1.20. The summed E-state index contributed by atoms with van der Waals surface area (Å²) in [5.74, 6) is 1.40. The van der Waals surface area contributed by atoms with Gasteiger partial charge in [0.2, 0.25) is 0 Å². The van der Waals surface area contributed by atoms with Gasteiger partial charge in [-0.3, -0.25) is 0 Å². The van der Waals surface area contributed by atoms with Crippen molar-refractivity contribution in [1.29, 1.82) is 0 Å². The van der Waals surface area contributed by atoms with E-state index in [1.165, 1.54) is 4.90 Å². The van der Waals surface area contributed by atoms with Crippen molar-refractivity contribution in [2.24, 2.45) is 0 Å². The van der Waals surface area contributed by atoms with Gasteiger partial charge in [0.1, 0.15) is 5.75 Å². The van der Waals surface area contributed by atoms with E-state index in [4.69, 9.17) is 5.11 Å². The lowest BCUT2D eigenvalue weighted by atomic mass is 10.3. The molecule has 13 heavy (non-hydrogen) atoms. The third-order valence-electron chi connectivity index (χ3n) is 1.63. The zero-order valence-electron chi connectivity index (χ0n) is 7.79. The van der Waals surface area contributed by atoms with Crippen LogP contribution in [0, 0.1) is 0 Å². The zero-order valence-corrected chi connectivity index (χ0v) is 8.60. The molecule has 0 aliphatic heterocycles. The molecule has 3 heteroatoms. The first-order valence-electron chi connectivity index (χ1n) is 4.45. The van der Waals surface area contributed by atoms with Crippen LogP contribution in [0.15, 0.2) is 29.2 Å². The smallest absolute Gasteiger partial charge is 0.115 e. The van der Waals surface area contributed by atoms with Crippen LogP contribution < -0.4 is 5.32 Å². The van der Waals surface area contributed by atoms with E-state index in [1.807, 2.05) is 12.1 Å². The summed E-state index contributed by atoms with van der Waals surface area (Å²) in [5.41, 5.74) is 0. The Morgan fingerprint density at radius 3 is 2.62 bits per heavy atom. The molecule has 0 amide bonds. The van der Waals surface area contributed by atoms with E-state index in [9.17, 15) is 0 Å². The molecule has 0 aromatic heterocycles. The molecule has 2 N–H and O–H groups in total. The summed E-state index contributed by atoms with van der Waals surface area (Å²) in [6, 6.07) is 7.31. The highest BCUT2D eigenvalue weighted by Crippen LogP contribution is 2.19. The highest BCUT2D eigenvalue weighted by atomic mass is 32.2. The summed E-state index contributed by atoms with van der Waals surface area (Å²) in [6.07, 6.45) is 0. The molecule has 0 saturated carbocycles. The van der Waals surface area contributed by atoms with E-state index in [0.29, 0.717) is 5.75 Å². The fourth-order valence-electron chi connectivity index (χ4n) is 0.960. The number of phenolic OH excluding ortho intramolecular Hbond substituents is 1. The molecule has 0 unspecified atom stereocenters. The van der Waals surface area contributed by atoms with E-state index in [0.717, 1.165) is 18.8 Å². The predicted molar refractivity (Wildman–Crippen MR) is 57.4 cm³/mol. The highest BCUT2D eigenvalue weighted by Gasteiger charge is 1.93. The van der Waals surface area contributed by atoms with Crippen molar-refractivity contribution in [2.45, 2.75) is 11.8 Å². The number of nitrogens with one attached hydrogen (secondary N) is 1. The minimum absolute atomic E-state index is 0.330. The molecular formula is C10H15NOS. The quantitative estimate of drug-likeness (QED) is 0.560. The van der Waals surface area contributed by atoms with Crippen molar-refractivity contribution in [3.63, 3.8) is 0 Å². The van der Waals surface area contributed by atoms with Gasteiger partial charge in [-0.25, -0.2) is 0 Å². The first-order chi connectivity index (χ1) is 6.33. The molecule has 1 aromatic carbocycles. The molecule has 0 heterocycles. The normalized spacial score (nSPS) is 10.2. The maximum atomic E-state index is 9.04. The van der Waals surface area contributed by atoms with E-state index < -0.39 is 0 Å². The summed E-state index contributed by atoms with van der Waals surface area (Å²) in [5, 5.41) is 12.3. The number of hydrogen-bond acceptors (Lipinski definition) is 3. The molecule has 0 fully saturated rings. The van der Waals surface area contributed by atoms with Gasteiger partial charge in [-0.05, 0) is 30.8 Å². The van der Waals surface area contributed by atoms with Crippen LogP contribution in [-0.4, -0.2) is 23.9 Å². The van der Waals surface area contributed by atoms with E-state index in [2.05, 4.69) is 12.2 Å². The van der Waals surface area contributed by atoms with E-state index >= 15 is 0 Å². The van der Waals surface area contributed by atoms with Crippen molar-refractivity contribution in [3.05, 3.63) is 24.3 Å². The van der Waals surface area contributed by atoms with Crippen LogP contribution in [0.5, 0.6) is 5.75 Å². The van der Waals surface area contributed by atoms with Gasteiger partial charge in [-0.15, -0.1) is 11.8 Å². The Bertz CT molecular complexity index is 235. The molecular weight excluding hydrogens is 182 g/mol. The average molecular weight is 197 g/mol. The van der Waals surface area contributed by atoms with Crippen LogP contribution in [-0.2, 0) is 0 Å². The second-order valence-electron chi connectivity index (χ2n) is 2.70. The summed E-state index contributed by atoms with van der Waals surface area (Å²) < 4.78 is 0. The van der Waals surface area contributed by atoms with Crippen molar-refractivity contribution in [3.8, 4) is 5.75 Å². The number of phenols is 1. The Kier molecular flexibility index (Phi) is 4.72. The molecule has 0 aliphatic rings. The van der Waals surface area contributed by atoms with Crippen LogP contribution >= 0.6 is 11.8 Å². The molecule has 0 atom stereocenters. The van der Waals surface area contributed by atoms with Crippen LogP contribution in [0.25, 0.3) is 0 Å². The summed E-state index contributed by atoms with van der Waals surface area (Å²) in [6.45, 7) is 4.16. The average Bonchev–Trinajstić information content (AvgIpc) is 2.15. The standard InChI is InChI=1S/C10H15NOS/c1-2-11-7-8-13-10-5-3-9(12)4-6-10/h3-6,11-12H,2,7-8H2,1H3. The molecule has 0 saturated heterocycles.